The third kappa shape index (κ3) is 7.58. The zero-order valence-corrected chi connectivity index (χ0v) is 22.2. The second-order valence-corrected chi connectivity index (χ2v) is 10.0. The van der Waals surface area contributed by atoms with Gasteiger partial charge in [-0.2, -0.15) is 0 Å². The predicted octanol–water partition coefficient (Wildman–Crippen LogP) is 6.28. The Morgan fingerprint density at radius 1 is 0.892 bits per heavy atom. The summed E-state index contributed by atoms with van der Waals surface area (Å²) in [6, 6.07) is 17.7. The van der Waals surface area contributed by atoms with Crippen molar-refractivity contribution >= 4 is 52.4 Å². The van der Waals surface area contributed by atoms with Crippen LogP contribution in [0, 0.1) is 5.82 Å². The molecule has 0 aliphatic carbocycles. The number of urea groups is 1. The van der Waals surface area contributed by atoms with Gasteiger partial charge in [-0.1, -0.05) is 53.0 Å². The molecule has 0 atom stereocenters. The van der Waals surface area contributed by atoms with E-state index < -0.39 is 0 Å². The standard InChI is InChI=1S/C27H26Cl3FN4O2/c28-21-2-1-3-23(17-21)32-27(37)35(18-19-4-7-22(31)8-5-19)15-12-33-10-13-34(14-11-33)26(36)20-6-9-24(29)25(30)16-20/h1-9,16-17H,10-15,18H2,(H,32,37). The highest BCUT2D eigenvalue weighted by Gasteiger charge is 2.24. The Morgan fingerprint density at radius 3 is 2.30 bits per heavy atom. The molecule has 1 aliphatic heterocycles. The average Bonchev–Trinajstić information content (AvgIpc) is 2.89. The fraction of sp³-hybridized carbons (Fsp3) is 0.259. The van der Waals surface area contributed by atoms with Crippen LogP contribution in [0.1, 0.15) is 15.9 Å². The summed E-state index contributed by atoms with van der Waals surface area (Å²) in [5.74, 6) is -0.413. The molecule has 1 N–H and O–H groups in total. The molecule has 1 fully saturated rings. The lowest BCUT2D eigenvalue weighted by atomic mass is 10.2. The second-order valence-electron chi connectivity index (χ2n) is 8.75. The number of nitrogens with zero attached hydrogens (tertiary/aromatic N) is 3. The smallest absolute Gasteiger partial charge is 0.322 e. The summed E-state index contributed by atoms with van der Waals surface area (Å²) >= 11 is 18.1. The highest BCUT2D eigenvalue weighted by molar-refractivity contribution is 6.42. The van der Waals surface area contributed by atoms with E-state index in [1.54, 1.807) is 64.4 Å². The molecule has 194 valence electrons. The number of carbonyl (C=O) groups excluding carboxylic acids is 2. The van der Waals surface area contributed by atoms with Crippen LogP contribution < -0.4 is 5.32 Å². The highest BCUT2D eigenvalue weighted by atomic mass is 35.5. The quantitative estimate of drug-likeness (QED) is 0.368. The van der Waals surface area contributed by atoms with E-state index in [1.807, 2.05) is 0 Å². The first-order valence-corrected chi connectivity index (χ1v) is 12.9. The number of hydrogen-bond donors (Lipinski definition) is 1. The normalized spacial score (nSPS) is 13.9. The third-order valence-corrected chi connectivity index (χ3v) is 7.14. The van der Waals surface area contributed by atoms with Crippen molar-refractivity contribution in [2.75, 3.05) is 44.6 Å². The predicted molar refractivity (Wildman–Crippen MR) is 146 cm³/mol. The summed E-state index contributed by atoms with van der Waals surface area (Å²) in [6.45, 7) is 3.87. The lowest BCUT2D eigenvalue weighted by molar-refractivity contribution is 0.0628. The first-order chi connectivity index (χ1) is 17.8. The Bertz CT molecular complexity index is 1250. The zero-order valence-electron chi connectivity index (χ0n) is 20.0. The van der Waals surface area contributed by atoms with Gasteiger partial charge >= 0.3 is 6.03 Å². The van der Waals surface area contributed by atoms with E-state index in [0.717, 1.165) is 5.56 Å². The van der Waals surface area contributed by atoms with Gasteiger partial charge in [0.15, 0.2) is 0 Å². The number of halogens is 4. The maximum Gasteiger partial charge on any atom is 0.322 e. The molecule has 37 heavy (non-hydrogen) atoms. The van der Waals surface area contributed by atoms with Gasteiger partial charge in [0.25, 0.3) is 5.91 Å². The minimum Gasteiger partial charge on any atom is -0.336 e. The van der Waals surface area contributed by atoms with Gasteiger partial charge in [-0.05, 0) is 54.1 Å². The Labute approximate surface area is 230 Å². The van der Waals surface area contributed by atoms with Crippen LogP contribution >= 0.6 is 34.8 Å². The van der Waals surface area contributed by atoms with E-state index in [-0.39, 0.29) is 17.8 Å². The second kappa shape index (κ2) is 12.6. The number of carbonyl (C=O) groups is 2. The number of amides is 3. The largest absolute Gasteiger partial charge is 0.336 e. The van der Waals surface area contributed by atoms with Crippen molar-refractivity contribution in [3.63, 3.8) is 0 Å². The van der Waals surface area contributed by atoms with Crippen LogP contribution in [0.3, 0.4) is 0 Å². The van der Waals surface area contributed by atoms with Crippen LogP contribution in [0.2, 0.25) is 15.1 Å². The molecule has 0 aromatic heterocycles. The van der Waals surface area contributed by atoms with Crippen LogP contribution in [-0.2, 0) is 6.54 Å². The summed E-state index contributed by atoms with van der Waals surface area (Å²) < 4.78 is 13.4. The van der Waals surface area contributed by atoms with E-state index in [0.29, 0.717) is 72.1 Å². The SMILES string of the molecule is O=C(Nc1cccc(Cl)c1)N(CCN1CCN(C(=O)c2ccc(Cl)c(Cl)c2)CC1)Cc1ccc(F)cc1. The van der Waals surface area contributed by atoms with Crippen molar-refractivity contribution in [2.45, 2.75) is 6.54 Å². The van der Waals surface area contributed by atoms with Crippen molar-refractivity contribution in [3.05, 3.63) is 98.7 Å². The average molecular weight is 564 g/mol. The molecule has 1 saturated heterocycles. The minimum absolute atomic E-state index is 0.0861. The molecular formula is C27H26Cl3FN4O2. The van der Waals surface area contributed by atoms with E-state index in [9.17, 15) is 14.0 Å². The van der Waals surface area contributed by atoms with Crippen LogP contribution in [0.15, 0.2) is 66.7 Å². The number of rotatable bonds is 7. The zero-order chi connectivity index (χ0) is 26.4. The van der Waals surface area contributed by atoms with Crippen LogP contribution in [-0.4, -0.2) is 65.9 Å². The lowest BCUT2D eigenvalue weighted by Crippen LogP contribution is -2.50. The van der Waals surface area contributed by atoms with Gasteiger partial charge in [-0.25, -0.2) is 9.18 Å². The van der Waals surface area contributed by atoms with Crippen molar-refractivity contribution in [1.82, 2.24) is 14.7 Å². The van der Waals surface area contributed by atoms with Crippen molar-refractivity contribution in [2.24, 2.45) is 0 Å². The fourth-order valence-electron chi connectivity index (χ4n) is 4.08. The summed E-state index contributed by atoms with van der Waals surface area (Å²) in [5, 5.41) is 4.17. The monoisotopic (exact) mass is 562 g/mol. The van der Waals surface area contributed by atoms with Gasteiger partial charge in [0.1, 0.15) is 5.82 Å². The molecule has 3 amide bonds. The lowest BCUT2D eigenvalue weighted by Gasteiger charge is -2.36. The Hall–Kier alpha value is -2.84. The Morgan fingerprint density at radius 2 is 1.62 bits per heavy atom. The van der Waals surface area contributed by atoms with Gasteiger partial charge in [0.05, 0.1) is 10.0 Å². The van der Waals surface area contributed by atoms with E-state index >= 15 is 0 Å². The molecule has 0 spiro atoms. The molecule has 1 heterocycles. The topological polar surface area (TPSA) is 55.9 Å². The minimum atomic E-state index is -0.327. The summed E-state index contributed by atoms with van der Waals surface area (Å²) in [7, 11) is 0. The van der Waals surface area contributed by atoms with Crippen LogP contribution in [0.5, 0.6) is 0 Å². The molecule has 3 aromatic rings. The molecule has 1 aliphatic rings. The van der Waals surface area contributed by atoms with Crippen molar-refractivity contribution < 1.29 is 14.0 Å². The first kappa shape index (κ1) is 27.2. The van der Waals surface area contributed by atoms with Gasteiger partial charge < -0.3 is 15.1 Å². The molecule has 0 radical (unpaired) electrons. The van der Waals surface area contributed by atoms with E-state index in [4.69, 9.17) is 34.8 Å². The maximum absolute atomic E-state index is 13.4. The van der Waals surface area contributed by atoms with Crippen LogP contribution in [0.25, 0.3) is 0 Å². The third-order valence-electron chi connectivity index (χ3n) is 6.16. The molecule has 3 aromatic carbocycles. The molecule has 6 nitrogen and oxygen atoms in total. The summed E-state index contributed by atoms with van der Waals surface area (Å²) in [6.07, 6.45) is 0. The molecule has 10 heteroatoms. The summed E-state index contributed by atoms with van der Waals surface area (Å²) in [4.78, 5) is 31.7. The van der Waals surface area contributed by atoms with E-state index in [1.165, 1.54) is 12.1 Å². The van der Waals surface area contributed by atoms with E-state index in [2.05, 4.69) is 10.2 Å². The van der Waals surface area contributed by atoms with Gasteiger partial charge in [-0.3, -0.25) is 9.69 Å². The van der Waals surface area contributed by atoms with Gasteiger partial charge in [-0.15, -0.1) is 0 Å². The summed E-state index contributed by atoms with van der Waals surface area (Å²) in [5.41, 5.74) is 1.92. The number of hydrogen-bond acceptors (Lipinski definition) is 3. The van der Waals surface area contributed by atoms with Crippen molar-refractivity contribution in [1.29, 1.82) is 0 Å². The number of anilines is 1. The van der Waals surface area contributed by atoms with Gasteiger partial charge in [0.2, 0.25) is 0 Å². The molecular weight excluding hydrogens is 538 g/mol. The molecule has 0 unspecified atom stereocenters. The molecule has 4 rings (SSSR count). The Kier molecular flexibility index (Phi) is 9.27. The molecule has 0 bridgehead atoms. The first-order valence-electron chi connectivity index (χ1n) is 11.8. The number of nitrogens with one attached hydrogen (secondary N) is 1. The van der Waals surface area contributed by atoms with Gasteiger partial charge in [0, 0.05) is 62.1 Å². The fourth-order valence-corrected chi connectivity index (χ4v) is 4.57. The van der Waals surface area contributed by atoms with Crippen LogP contribution in [0.4, 0.5) is 14.9 Å². The maximum atomic E-state index is 13.4. The van der Waals surface area contributed by atoms with Crippen molar-refractivity contribution in [3.8, 4) is 0 Å². The highest BCUT2D eigenvalue weighted by Crippen LogP contribution is 2.23. The number of benzene rings is 3. The number of piperazine rings is 1. The Balaban J connectivity index is 1.35. The molecule has 0 saturated carbocycles.